The van der Waals surface area contributed by atoms with Gasteiger partial charge in [-0.2, -0.15) is 0 Å². The SMILES string of the molecule is COc1ncccc1COc1ccc2c(c1)[C@H](N)CCC2. The lowest BCUT2D eigenvalue weighted by Gasteiger charge is -2.22. The number of nitrogens with two attached hydrogens (primary N) is 1. The van der Waals surface area contributed by atoms with Crippen molar-refractivity contribution >= 4 is 0 Å². The number of nitrogens with zero attached hydrogens (tertiary/aromatic N) is 1. The van der Waals surface area contributed by atoms with Gasteiger partial charge >= 0.3 is 0 Å². The Morgan fingerprint density at radius 1 is 1.33 bits per heavy atom. The van der Waals surface area contributed by atoms with Gasteiger partial charge in [0.15, 0.2) is 0 Å². The molecule has 4 heteroatoms. The summed E-state index contributed by atoms with van der Waals surface area (Å²) in [4.78, 5) is 4.17. The van der Waals surface area contributed by atoms with Crippen molar-refractivity contribution in [3.63, 3.8) is 0 Å². The number of aromatic nitrogens is 1. The topological polar surface area (TPSA) is 57.4 Å². The molecule has 1 aliphatic carbocycles. The Balaban J connectivity index is 1.75. The minimum atomic E-state index is 0.130. The summed E-state index contributed by atoms with van der Waals surface area (Å²) < 4.78 is 11.1. The largest absolute Gasteiger partial charge is 0.489 e. The van der Waals surface area contributed by atoms with Crippen molar-refractivity contribution in [2.45, 2.75) is 31.9 Å². The maximum absolute atomic E-state index is 6.18. The fourth-order valence-electron chi connectivity index (χ4n) is 2.78. The smallest absolute Gasteiger partial charge is 0.219 e. The molecule has 2 N–H and O–H groups in total. The van der Waals surface area contributed by atoms with Crippen LogP contribution in [-0.2, 0) is 13.0 Å². The van der Waals surface area contributed by atoms with E-state index in [1.54, 1.807) is 13.3 Å². The number of benzene rings is 1. The third-order valence-electron chi connectivity index (χ3n) is 3.92. The molecule has 0 bridgehead atoms. The molecule has 110 valence electrons. The molecule has 4 nitrogen and oxygen atoms in total. The van der Waals surface area contributed by atoms with E-state index in [4.69, 9.17) is 15.2 Å². The number of aryl methyl sites for hydroxylation is 1. The highest BCUT2D eigenvalue weighted by molar-refractivity contribution is 5.39. The Bertz CT molecular complexity index is 628. The zero-order chi connectivity index (χ0) is 14.7. The van der Waals surface area contributed by atoms with Gasteiger partial charge in [0.05, 0.1) is 12.7 Å². The molecule has 0 aliphatic heterocycles. The summed E-state index contributed by atoms with van der Waals surface area (Å²) in [5, 5.41) is 0. The summed E-state index contributed by atoms with van der Waals surface area (Å²) in [5.41, 5.74) is 9.68. The van der Waals surface area contributed by atoms with Crippen LogP contribution in [-0.4, -0.2) is 12.1 Å². The molecule has 0 unspecified atom stereocenters. The molecule has 1 aliphatic rings. The molecule has 1 aromatic carbocycles. The van der Waals surface area contributed by atoms with Crippen molar-refractivity contribution in [3.8, 4) is 11.6 Å². The number of rotatable bonds is 4. The number of hydrogen-bond acceptors (Lipinski definition) is 4. The average molecular weight is 284 g/mol. The first-order valence-electron chi connectivity index (χ1n) is 7.27. The van der Waals surface area contributed by atoms with Crippen LogP contribution in [0.5, 0.6) is 11.6 Å². The van der Waals surface area contributed by atoms with Gasteiger partial charge in [0, 0.05) is 12.2 Å². The summed E-state index contributed by atoms with van der Waals surface area (Å²) in [7, 11) is 1.61. The van der Waals surface area contributed by atoms with Gasteiger partial charge < -0.3 is 15.2 Å². The van der Waals surface area contributed by atoms with E-state index < -0.39 is 0 Å². The summed E-state index contributed by atoms with van der Waals surface area (Å²) in [5.74, 6) is 1.45. The number of ether oxygens (including phenoxy) is 2. The Morgan fingerprint density at radius 2 is 2.24 bits per heavy atom. The summed E-state index contributed by atoms with van der Waals surface area (Å²) in [6, 6.07) is 10.2. The number of hydrogen-bond donors (Lipinski definition) is 1. The second kappa shape index (κ2) is 6.14. The predicted molar refractivity (Wildman–Crippen MR) is 81.4 cm³/mol. The first-order valence-corrected chi connectivity index (χ1v) is 7.27. The van der Waals surface area contributed by atoms with E-state index in [-0.39, 0.29) is 6.04 Å². The van der Waals surface area contributed by atoms with Crippen molar-refractivity contribution in [3.05, 3.63) is 53.2 Å². The maximum Gasteiger partial charge on any atom is 0.219 e. The zero-order valence-electron chi connectivity index (χ0n) is 12.2. The van der Waals surface area contributed by atoms with E-state index in [0.29, 0.717) is 12.5 Å². The molecular formula is C17H20N2O2. The molecule has 0 saturated carbocycles. The van der Waals surface area contributed by atoms with Crippen molar-refractivity contribution in [1.29, 1.82) is 0 Å². The molecule has 1 atom stereocenters. The number of methoxy groups -OCH3 is 1. The Kier molecular flexibility index (Phi) is 4.06. The van der Waals surface area contributed by atoms with E-state index in [1.165, 1.54) is 17.5 Å². The molecular weight excluding hydrogens is 264 g/mol. The molecule has 0 fully saturated rings. The average Bonchev–Trinajstić information content (AvgIpc) is 2.54. The van der Waals surface area contributed by atoms with E-state index in [2.05, 4.69) is 17.1 Å². The van der Waals surface area contributed by atoms with Crippen LogP contribution in [0, 0.1) is 0 Å². The van der Waals surface area contributed by atoms with Crippen LogP contribution < -0.4 is 15.2 Å². The van der Waals surface area contributed by atoms with E-state index in [1.807, 2.05) is 18.2 Å². The van der Waals surface area contributed by atoms with Gasteiger partial charge in [0.2, 0.25) is 5.88 Å². The van der Waals surface area contributed by atoms with Crippen LogP contribution in [0.2, 0.25) is 0 Å². The van der Waals surface area contributed by atoms with E-state index >= 15 is 0 Å². The Morgan fingerprint density at radius 3 is 3.10 bits per heavy atom. The standard InChI is InChI=1S/C17H20N2O2/c1-20-17-13(5-3-9-19-17)11-21-14-8-7-12-4-2-6-16(18)15(12)10-14/h3,5,7-10,16H,2,4,6,11,18H2,1H3/t16-/m1/s1. The normalized spacial score (nSPS) is 17.1. The van der Waals surface area contributed by atoms with Crippen molar-refractivity contribution in [2.75, 3.05) is 7.11 Å². The molecule has 0 spiro atoms. The molecule has 21 heavy (non-hydrogen) atoms. The molecule has 0 saturated heterocycles. The highest BCUT2D eigenvalue weighted by Gasteiger charge is 2.17. The molecule has 1 aromatic heterocycles. The highest BCUT2D eigenvalue weighted by Crippen LogP contribution is 2.31. The predicted octanol–water partition coefficient (Wildman–Crippen LogP) is 3.01. The van der Waals surface area contributed by atoms with Crippen LogP contribution in [0.15, 0.2) is 36.5 Å². The van der Waals surface area contributed by atoms with E-state index in [0.717, 1.165) is 24.2 Å². The molecule has 2 aromatic rings. The molecule has 3 rings (SSSR count). The van der Waals surface area contributed by atoms with Crippen molar-refractivity contribution < 1.29 is 9.47 Å². The van der Waals surface area contributed by atoms with Gasteiger partial charge in [-0.3, -0.25) is 0 Å². The summed E-state index contributed by atoms with van der Waals surface area (Å²) in [6.07, 6.45) is 5.04. The van der Waals surface area contributed by atoms with Gasteiger partial charge in [-0.05, 0) is 54.7 Å². The quantitative estimate of drug-likeness (QED) is 0.937. The second-order valence-corrected chi connectivity index (χ2v) is 5.32. The highest BCUT2D eigenvalue weighted by atomic mass is 16.5. The van der Waals surface area contributed by atoms with Gasteiger partial charge in [-0.25, -0.2) is 4.98 Å². The summed E-state index contributed by atoms with van der Waals surface area (Å²) in [6.45, 7) is 0.436. The minimum absolute atomic E-state index is 0.130. The van der Waals surface area contributed by atoms with Crippen molar-refractivity contribution in [2.24, 2.45) is 5.73 Å². The lowest BCUT2D eigenvalue weighted by Crippen LogP contribution is -2.17. The Hall–Kier alpha value is -2.07. The zero-order valence-corrected chi connectivity index (χ0v) is 12.2. The molecule has 1 heterocycles. The first kappa shape index (κ1) is 13.9. The minimum Gasteiger partial charge on any atom is -0.489 e. The number of pyridine rings is 1. The van der Waals surface area contributed by atoms with Gasteiger partial charge in [0.25, 0.3) is 0 Å². The Labute approximate surface area is 124 Å². The van der Waals surface area contributed by atoms with Crippen LogP contribution in [0.4, 0.5) is 0 Å². The van der Waals surface area contributed by atoms with Crippen LogP contribution in [0.1, 0.15) is 35.6 Å². The third kappa shape index (κ3) is 3.00. The molecule has 0 radical (unpaired) electrons. The maximum atomic E-state index is 6.18. The van der Waals surface area contributed by atoms with Crippen LogP contribution in [0.25, 0.3) is 0 Å². The fourth-order valence-corrected chi connectivity index (χ4v) is 2.78. The lowest BCUT2D eigenvalue weighted by atomic mass is 9.88. The van der Waals surface area contributed by atoms with Crippen LogP contribution in [0.3, 0.4) is 0 Å². The monoisotopic (exact) mass is 284 g/mol. The lowest BCUT2D eigenvalue weighted by molar-refractivity contribution is 0.293. The first-order chi connectivity index (χ1) is 10.3. The van der Waals surface area contributed by atoms with Crippen LogP contribution >= 0.6 is 0 Å². The van der Waals surface area contributed by atoms with Gasteiger partial charge in [-0.15, -0.1) is 0 Å². The van der Waals surface area contributed by atoms with Crippen molar-refractivity contribution in [1.82, 2.24) is 4.98 Å². The van der Waals surface area contributed by atoms with Gasteiger partial charge in [0.1, 0.15) is 12.4 Å². The number of fused-ring (bicyclic) bond motifs is 1. The third-order valence-corrected chi connectivity index (χ3v) is 3.92. The summed E-state index contributed by atoms with van der Waals surface area (Å²) >= 11 is 0. The fraction of sp³-hybridized carbons (Fsp3) is 0.353. The van der Waals surface area contributed by atoms with Gasteiger partial charge in [-0.1, -0.05) is 6.07 Å². The molecule has 0 amide bonds. The van der Waals surface area contributed by atoms with E-state index in [9.17, 15) is 0 Å². The second-order valence-electron chi connectivity index (χ2n) is 5.32.